The predicted molar refractivity (Wildman–Crippen MR) is 75.0 cm³/mol. The van der Waals surface area contributed by atoms with Crippen LogP contribution in [0.15, 0.2) is 22.0 Å². The molecule has 1 heterocycles. The monoisotopic (exact) mass is 350 g/mol. The van der Waals surface area contributed by atoms with Crippen LogP contribution < -0.4 is 0 Å². The number of rotatable bonds is 3. The first-order chi connectivity index (χ1) is 8.50. The molecule has 1 aliphatic carbocycles. The molecular weight excluding hydrogens is 340 g/mol. The van der Waals surface area contributed by atoms with Gasteiger partial charge in [0.25, 0.3) is 0 Å². The Balaban J connectivity index is 2.23. The van der Waals surface area contributed by atoms with Gasteiger partial charge in [-0.15, -0.1) is 11.3 Å². The van der Waals surface area contributed by atoms with E-state index in [0.29, 0.717) is 22.7 Å². The van der Waals surface area contributed by atoms with Crippen molar-refractivity contribution < 1.29 is 15.0 Å². The summed E-state index contributed by atoms with van der Waals surface area (Å²) in [7, 11) is 0. The summed E-state index contributed by atoms with van der Waals surface area (Å²) in [5.41, 5.74) is 0. The number of hydrogen-bond donors (Lipinski definition) is 2. The highest BCUT2D eigenvalue weighted by Crippen LogP contribution is 2.42. The number of thiophene rings is 1. The zero-order chi connectivity index (χ0) is 13.3. The second-order valence-corrected chi connectivity index (χ2v) is 7.08. The fourth-order valence-electron chi connectivity index (χ4n) is 2.19. The molecule has 2 rings (SSSR count). The number of allylic oxidation sites excluding steroid dienone is 2. The molecule has 1 aromatic rings. The van der Waals surface area contributed by atoms with Gasteiger partial charge in [-0.3, -0.25) is 4.79 Å². The van der Waals surface area contributed by atoms with E-state index in [2.05, 4.69) is 15.9 Å². The third-order valence-electron chi connectivity index (χ3n) is 3.16. The largest absolute Gasteiger partial charge is 0.481 e. The molecule has 0 aromatic carbocycles. The standard InChI is InChI=1S/C12H12BrClO3S/c13-11-8(14)5-9(18-11)10(15)6-3-1-2-4-7(6)12(16)17/h1-2,5-7,10,15H,3-4H2,(H,16,17). The minimum atomic E-state index is -0.856. The van der Waals surface area contributed by atoms with Gasteiger partial charge in [-0.2, -0.15) is 0 Å². The van der Waals surface area contributed by atoms with Crippen molar-refractivity contribution in [3.8, 4) is 0 Å². The van der Waals surface area contributed by atoms with Gasteiger partial charge in [0, 0.05) is 10.8 Å². The topological polar surface area (TPSA) is 57.5 Å². The van der Waals surface area contributed by atoms with Gasteiger partial charge in [0.2, 0.25) is 0 Å². The highest BCUT2D eigenvalue weighted by Gasteiger charge is 2.35. The van der Waals surface area contributed by atoms with Gasteiger partial charge in [-0.25, -0.2) is 0 Å². The lowest BCUT2D eigenvalue weighted by atomic mass is 9.79. The van der Waals surface area contributed by atoms with E-state index in [0.717, 1.165) is 3.79 Å². The van der Waals surface area contributed by atoms with E-state index in [-0.39, 0.29) is 5.92 Å². The molecule has 1 aromatic heterocycles. The summed E-state index contributed by atoms with van der Waals surface area (Å²) < 4.78 is 0.761. The third kappa shape index (κ3) is 2.79. The van der Waals surface area contributed by atoms with Crippen LogP contribution in [0.1, 0.15) is 23.8 Å². The zero-order valence-corrected chi connectivity index (χ0v) is 12.5. The second kappa shape index (κ2) is 5.74. The highest BCUT2D eigenvalue weighted by molar-refractivity contribution is 9.11. The van der Waals surface area contributed by atoms with Gasteiger partial charge in [0.05, 0.1) is 20.8 Å². The summed E-state index contributed by atoms with van der Waals surface area (Å²) in [6.07, 6.45) is 4.05. The van der Waals surface area contributed by atoms with E-state index in [9.17, 15) is 15.0 Å². The number of carboxylic acids is 1. The summed E-state index contributed by atoms with van der Waals surface area (Å²) >= 11 is 10.6. The van der Waals surface area contributed by atoms with Crippen LogP contribution in [0.4, 0.5) is 0 Å². The fraction of sp³-hybridized carbons (Fsp3) is 0.417. The molecule has 0 aliphatic heterocycles. The summed E-state index contributed by atoms with van der Waals surface area (Å²) in [5, 5.41) is 20.1. The van der Waals surface area contributed by atoms with E-state index in [1.54, 1.807) is 6.07 Å². The van der Waals surface area contributed by atoms with E-state index < -0.39 is 18.0 Å². The Morgan fingerprint density at radius 2 is 2.17 bits per heavy atom. The second-order valence-electron chi connectivity index (χ2n) is 4.27. The molecule has 0 fully saturated rings. The maximum absolute atomic E-state index is 11.2. The molecule has 1 aliphatic rings. The van der Waals surface area contributed by atoms with Gasteiger partial charge in [0.15, 0.2) is 0 Å². The first kappa shape index (κ1) is 14.1. The van der Waals surface area contributed by atoms with Crippen molar-refractivity contribution in [3.05, 3.63) is 31.9 Å². The number of aliphatic hydroxyl groups is 1. The summed E-state index contributed by atoms with van der Waals surface area (Å²) in [6, 6.07) is 1.69. The van der Waals surface area contributed by atoms with Gasteiger partial charge < -0.3 is 10.2 Å². The molecule has 0 saturated heterocycles. The minimum Gasteiger partial charge on any atom is -0.481 e. The number of carboxylic acid groups (broad SMARTS) is 1. The molecular formula is C12H12BrClO3S. The SMILES string of the molecule is O=C(O)C1CC=CCC1C(O)c1cc(Cl)c(Br)s1. The maximum Gasteiger partial charge on any atom is 0.307 e. The lowest BCUT2D eigenvalue weighted by Crippen LogP contribution is -2.29. The lowest BCUT2D eigenvalue weighted by Gasteiger charge is -2.28. The molecule has 6 heteroatoms. The Kier molecular flexibility index (Phi) is 4.48. The normalized spacial score (nSPS) is 25.1. The number of halogens is 2. The zero-order valence-electron chi connectivity index (χ0n) is 9.35. The maximum atomic E-state index is 11.2. The van der Waals surface area contributed by atoms with Crippen molar-refractivity contribution in [1.29, 1.82) is 0 Å². The van der Waals surface area contributed by atoms with Gasteiger partial charge in [0.1, 0.15) is 0 Å². The highest BCUT2D eigenvalue weighted by atomic mass is 79.9. The molecule has 3 unspecified atom stereocenters. The van der Waals surface area contributed by atoms with E-state index >= 15 is 0 Å². The van der Waals surface area contributed by atoms with Crippen molar-refractivity contribution in [3.63, 3.8) is 0 Å². The lowest BCUT2D eigenvalue weighted by molar-refractivity contribution is -0.145. The van der Waals surface area contributed by atoms with Crippen LogP contribution in [-0.2, 0) is 4.79 Å². The van der Waals surface area contributed by atoms with Crippen LogP contribution in [0, 0.1) is 11.8 Å². The Labute approximate surface area is 122 Å². The van der Waals surface area contributed by atoms with Gasteiger partial charge in [-0.1, -0.05) is 23.8 Å². The first-order valence-electron chi connectivity index (χ1n) is 5.51. The van der Waals surface area contributed by atoms with Crippen LogP contribution >= 0.6 is 38.9 Å². The molecule has 3 nitrogen and oxygen atoms in total. The Hall–Kier alpha value is -0.360. The van der Waals surface area contributed by atoms with Crippen molar-refractivity contribution >= 4 is 44.8 Å². The Bertz CT molecular complexity index is 466. The number of carbonyl (C=O) groups is 1. The summed E-state index contributed by atoms with van der Waals surface area (Å²) in [6.45, 7) is 0. The average molecular weight is 352 g/mol. The Morgan fingerprint density at radius 3 is 2.72 bits per heavy atom. The van der Waals surface area contributed by atoms with Crippen molar-refractivity contribution in [2.45, 2.75) is 18.9 Å². The molecule has 0 radical (unpaired) electrons. The average Bonchev–Trinajstić information content (AvgIpc) is 2.68. The molecule has 2 N–H and O–H groups in total. The quantitative estimate of drug-likeness (QED) is 0.813. The van der Waals surface area contributed by atoms with E-state index in [4.69, 9.17) is 11.6 Å². The first-order valence-corrected chi connectivity index (χ1v) is 7.50. The molecule has 0 bridgehead atoms. The van der Waals surface area contributed by atoms with Gasteiger partial charge in [-0.05, 0) is 34.8 Å². The van der Waals surface area contributed by atoms with Crippen LogP contribution in [0.3, 0.4) is 0 Å². The summed E-state index contributed by atoms with van der Waals surface area (Å²) in [4.78, 5) is 11.9. The van der Waals surface area contributed by atoms with Crippen LogP contribution in [0.5, 0.6) is 0 Å². The molecule has 3 atom stereocenters. The van der Waals surface area contributed by atoms with E-state index in [1.807, 2.05) is 12.2 Å². The van der Waals surface area contributed by atoms with Gasteiger partial charge >= 0.3 is 5.97 Å². The van der Waals surface area contributed by atoms with Crippen molar-refractivity contribution in [2.24, 2.45) is 11.8 Å². The predicted octanol–water partition coefficient (Wildman–Crippen LogP) is 3.86. The van der Waals surface area contributed by atoms with Crippen LogP contribution in [0.25, 0.3) is 0 Å². The van der Waals surface area contributed by atoms with Crippen LogP contribution in [0.2, 0.25) is 5.02 Å². The number of hydrogen-bond acceptors (Lipinski definition) is 3. The minimum absolute atomic E-state index is 0.297. The molecule has 0 spiro atoms. The summed E-state index contributed by atoms with van der Waals surface area (Å²) in [5.74, 6) is -1.69. The molecule has 98 valence electrons. The Morgan fingerprint density at radius 1 is 1.50 bits per heavy atom. The third-order valence-corrected chi connectivity index (χ3v) is 5.71. The smallest absolute Gasteiger partial charge is 0.307 e. The molecule has 18 heavy (non-hydrogen) atoms. The van der Waals surface area contributed by atoms with Crippen molar-refractivity contribution in [2.75, 3.05) is 0 Å². The molecule has 0 saturated carbocycles. The molecule has 0 amide bonds. The van der Waals surface area contributed by atoms with E-state index in [1.165, 1.54) is 11.3 Å². The fourth-order valence-corrected chi connectivity index (χ4v) is 4.00. The number of aliphatic hydroxyl groups excluding tert-OH is 1. The number of aliphatic carboxylic acids is 1. The van der Waals surface area contributed by atoms with Crippen LogP contribution in [-0.4, -0.2) is 16.2 Å². The van der Waals surface area contributed by atoms with Crippen molar-refractivity contribution in [1.82, 2.24) is 0 Å².